The number of hydrogen-bond donors (Lipinski definition) is 1. The summed E-state index contributed by atoms with van der Waals surface area (Å²) in [5.41, 5.74) is 2.08. The highest BCUT2D eigenvalue weighted by atomic mass is 16.5. The van der Waals surface area contributed by atoms with Crippen molar-refractivity contribution in [2.75, 3.05) is 13.7 Å². The van der Waals surface area contributed by atoms with E-state index in [9.17, 15) is 0 Å². The van der Waals surface area contributed by atoms with Crippen LogP contribution in [0.25, 0.3) is 0 Å². The summed E-state index contributed by atoms with van der Waals surface area (Å²) >= 11 is 0. The molecular weight excluding hydrogens is 190 g/mol. The van der Waals surface area contributed by atoms with Crippen molar-refractivity contribution in [2.24, 2.45) is 7.05 Å². The van der Waals surface area contributed by atoms with Crippen molar-refractivity contribution in [1.29, 1.82) is 0 Å². The van der Waals surface area contributed by atoms with Gasteiger partial charge in [0.15, 0.2) is 0 Å². The van der Waals surface area contributed by atoms with Gasteiger partial charge in [0.25, 0.3) is 0 Å². The molecule has 0 spiro atoms. The molecule has 0 atom stereocenters. The molecule has 0 amide bonds. The third-order valence-electron chi connectivity index (χ3n) is 2.23. The molecule has 82 valence electrons. The molecule has 0 saturated carbocycles. The Kier molecular flexibility index (Phi) is 4.19. The molecule has 0 aliphatic rings. The van der Waals surface area contributed by atoms with Crippen molar-refractivity contribution in [3.63, 3.8) is 0 Å². The third-order valence-corrected chi connectivity index (χ3v) is 2.23. The van der Waals surface area contributed by atoms with Gasteiger partial charge in [-0.1, -0.05) is 0 Å². The summed E-state index contributed by atoms with van der Waals surface area (Å²) < 4.78 is 7.02. The Morgan fingerprint density at radius 1 is 1.60 bits per heavy atom. The number of methoxy groups -OCH3 is 1. The van der Waals surface area contributed by atoms with Gasteiger partial charge in [-0.05, 0) is 6.92 Å². The quantitative estimate of drug-likeness (QED) is 0.574. The van der Waals surface area contributed by atoms with Crippen LogP contribution in [0, 0.1) is 19.3 Å². The van der Waals surface area contributed by atoms with Gasteiger partial charge < -0.3 is 10.1 Å². The number of terminal acetylenes is 1. The molecule has 1 N–H and O–H groups in total. The summed E-state index contributed by atoms with van der Waals surface area (Å²) in [6.07, 6.45) is 5.90. The van der Waals surface area contributed by atoms with Crippen LogP contribution in [0.4, 0.5) is 0 Å². The molecule has 0 radical (unpaired) electrons. The van der Waals surface area contributed by atoms with Crippen LogP contribution in [0.15, 0.2) is 0 Å². The Hall–Kier alpha value is -1.47. The molecule has 15 heavy (non-hydrogen) atoms. The van der Waals surface area contributed by atoms with Crippen LogP contribution in [-0.2, 0) is 13.6 Å². The van der Waals surface area contributed by atoms with E-state index in [1.165, 1.54) is 0 Å². The zero-order chi connectivity index (χ0) is 11.3. The molecular formula is C11H17N3O. The Bertz CT molecular complexity index is 363. The Balaban J connectivity index is 2.63. The monoisotopic (exact) mass is 207 g/mol. The van der Waals surface area contributed by atoms with Crippen molar-refractivity contribution in [2.45, 2.75) is 19.9 Å². The van der Waals surface area contributed by atoms with Gasteiger partial charge in [0.2, 0.25) is 5.88 Å². The summed E-state index contributed by atoms with van der Waals surface area (Å²) in [5.74, 6) is 3.39. The van der Waals surface area contributed by atoms with Crippen molar-refractivity contribution < 1.29 is 4.74 Å². The van der Waals surface area contributed by atoms with E-state index in [4.69, 9.17) is 11.2 Å². The fourth-order valence-corrected chi connectivity index (χ4v) is 1.51. The maximum atomic E-state index is 5.27. The predicted molar refractivity (Wildman–Crippen MR) is 59.7 cm³/mol. The van der Waals surface area contributed by atoms with E-state index in [2.05, 4.69) is 16.3 Å². The molecule has 1 aromatic rings. The fraction of sp³-hybridized carbons (Fsp3) is 0.545. The highest BCUT2D eigenvalue weighted by molar-refractivity contribution is 5.30. The van der Waals surface area contributed by atoms with Gasteiger partial charge in [0.1, 0.15) is 0 Å². The lowest BCUT2D eigenvalue weighted by Crippen LogP contribution is -2.15. The first-order valence-corrected chi connectivity index (χ1v) is 4.91. The van der Waals surface area contributed by atoms with Crippen LogP contribution in [0.3, 0.4) is 0 Å². The summed E-state index contributed by atoms with van der Waals surface area (Å²) in [4.78, 5) is 0. The lowest BCUT2D eigenvalue weighted by atomic mass is 10.2. The molecule has 0 saturated heterocycles. The standard InChI is InChI=1S/C11H17N3O/c1-5-6-7-12-8-10-9(2)13-14(3)11(10)15-4/h1,12H,6-8H2,2-4H3. The van der Waals surface area contributed by atoms with Gasteiger partial charge in [0.05, 0.1) is 18.4 Å². The molecule has 1 aromatic heterocycles. The average Bonchev–Trinajstić information content (AvgIpc) is 2.48. The highest BCUT2D eigenvalue weighted by Crippen LogP contribution is 2.20. The first kappa shape index (κ1) is 11.6. The van der Waals surface area contributed by atoms with Gasteiger partial charge >= 0.3 is 0 Å². The maximum Gasteiger partial charge on any atom is 0.216 e. The number of nitrogens with zero attached hydrogens (tertiary/aromatic N) is 2. The van der Waals surface area contributed by atoms with Crippen LogP contribution in [0.2, 0.25) is 0 Å². The van der Waals surface area contributed by atoms with E-state index >= 15 is 0 Å². The van der Waals surface area contributed by atoms with Crippen molar-refractivity contribution in [3.05, 3.63) is 11.3 Å². The Labute approximate surface area is 90.6 Å². The van der Waals surface area contributed by atoms with E-state index < -0.39 is 0 Å². The van der Waals surface area contributed by atoms with Crippen LogP contribution >= 0.6 is 0 Å². The molecule has 0 aromatic carbocycles. The number of ether oxygens (including phenoxy) is 1. The maximum absolute atomic E-state index is 5.27. The third kappa shape index (κ3) is 2.74. The Morgan fingerprint density at radius 2 is 2.33 bits per heavy atom. The number of nitrogens with one attached hydrogen (secondary N) is 1. The minimum atomic E-state index is 0.738. The van der Waals surface area contributed by atoms with E-state index in [0.717, 1.165) is 36.6 Å². The van der Waals surface area contributed by atoms with Crippen LogP contribution < -0.4 is 10.1 Å². The second kappa shape index (κ2) is 5.42. The van der Waals surface area contributed by atoms with Gasteiger partial charge in [-0.2, -0.15) is 5.10 Å². The Morgan fingerprint density at radius 3 is 2.93 bits per heavy atom. The van der Waals surface area contributed by atoms with E-state index in [-0.39, 0.29) is 0 Å². The molecule has 0 aliphatic heterocycles. The summed E-state index contributed by atoms with van der Waals surface area (Å²) in [7, 11) is 3.53. The molecule has 4 heteroatoms. The number of rotatable bonds is 5. The largest absolute Gasteiger partial charge is 0.481 e. The minimum Gasteiger partial charge on any atom is -0.481 e. The number of aromatic nitrogens is 2. The smallest absolute Gasteiger partial charge is 0.216 e. The predicted octanol–water partition coefficient (Wildman–Crippen LogP) is 0.850. The molecule has 0 unspecified atom stereocenters. The SMILES string of the molecule is C#CCCNCc1c(C)nn(C)c1OC. The topological polar surface area (TPSA) is 39.1 Å². The van der Waals surface area contributed by atoms with E-state index in [1.54, 1.807) is 11.8 Å². The summed E-state index contributed by atoms with van der Waals surface area (Å²) in [5, 5.41) is 7.55. The second-order valence-electron chi connectivity index (χ2n) is 3.33. The van der Waals surface area contributed by atoms with E-state index in [0.29, 0.717) is 0 Å². The molecule has 0 aliphatic carbocycles. The van der Waals surface area contributed by atoms with E-state index in [1.807, 2.05) is 14.0 Å². The lowest BCUT2D eigenvalue weighted by Gasteiger charge is -2.05. The summed E-state index contributed by atoms with van der Waals surface area (Å²) in [6, 6.07) is 0. The normalized spacial score (nSPS) is 10.0. The van der Waals surface area contributed by atoms with Gasteiger partial charge in [-0.3, -0.25) is 0 Å². The van der Waals surface area contributed by atoms with Crippen molar-refractivity contribution in [3.8, 4) is 18.2 Å². The van der Waals surface area contributed by atoms with Crippen molar-refractivity contribution >= 4 is 0 Å². The van der Waals surface area contributed by atoms with Gasteiger partial charge in [0, 0.05) is 26.6 Å². The fourth-order valence-electron chi connectivity index (χ4n) is 1.51. The lowest BCUT2D eigenvalue weighted by molar-refractivity contribution is 0.368. The first-order valence-electron chi connectivity index (χ1n) is 4.91. The molecule has 1 rings (SSSR count). The van der Waals surface area contributed by atoms with Crippen LogP contribution in [0.5, 0.6) is 5.88 Å². The zero-order valence-corrected chi connectivity index (χ0v) is 9.50. The molecule has 4 nitrogen and oxygen atoms in total. The zero-order valence-electron chi connectivity index (χ0n) is 9.50. The molecule has 0 bridgehead atoms. The molecule has 0 fully saturated rings. The second-order valence-corrected chi connectivity index (χ2v) is 3.33. The average molecular weight is 207 g/mol. The number of hydrogen-bond acceptors (Lipinski definition) is 3. The first-order chi connectivity index (χ1) is 7.20. The number of aryl methyl sites for hydroxylation is 2. The van der Waals surface area contributed by atoms with Crippen molar-refractivity contribution in [1.82, 2.24) is 15.1 Å². The molecule has 1 heterocycles. The minimum absolute atomic E-state index is 0.738. The van der Waals surface area contributed by atoms with Crippen LogP contribution in [0.1, 0.15) is 17.7 Å². The van der Waals surface area contributed by atoms with Crippen LogP contribution in [-0.4, -0.2) is 23.4 Å². The summed E-state index contributed by atoms with van der Waals surface area (Å²) in [6.45, 7) is 3.53. The van der Waals surface area contributed by atoms with Gasteiger partial charge in [-0.25, -0.2) is 4.68 Å². The van der Waals surface area contributed by atoms with Gasteiger partial charge in [-0.15, -0.1) is 12.3 Å². The highest BCUT2D eigenvalue weighted by Gasteiger charge is 2.12.